The molecule has 3 unspecified atom stereocenters. The molecular weight excluding hydrogens is 432 g/mol. The van der Waals surface area contributed by atoms with E-state index in [1.54, 1.807) is 52.5 Å². The Morgan fingerprint density at radius 3 is 2.53 bits per heavy atom. The number of amides is 3. The van der Waals surface area contributed by atoms with Crippen LogP contribution in [0.2, 0.25) is 0 Å². The number of hydrogen-bond acceptors (Lipinski definition) is 5. The summed E-state index contributed by atoms with van der Waals surface area (Å²) in [5, 5.41) is 2.87. The van der Waals surface area contributed by atoms with Crippen LogP contribution in [0.4, 0.5) is 0 Å². The van der Waals surface area contributed by atoms with Crippen molar-refractivity contribution in [3.8, 4) is 0 Å². The highest BCUT2D eigenvalue weighted by atomic mass is 16.2. The van der Waals surface area contributed by atoms with E-state index in [9.17, 15) is 19.2 Å². The highest BCUT2D eigenvalue weighted by Gasteiger charge is 2.52. The van der Waals surface area contributed by atoms with Gasteiger partial charge in [0.1, 0.15) is 12.1 Å². The molecule has 1 aromatic carbocycles. The molecule has 178 valence electrons. The Hall–Kier alpha value is -3.55. The molecule has 4 rings (SSSR count). The van der Waals surface area contributed by atoms with E-state index in [-0.39, 0.29) is 48.4 Å². The van der Waals surface area contributed by atoms with Gasteiger partial charge in [-0.05, 0) is 42.5 Å². The summed E-state index contributed by atoms with van der Waals surface area (Å²) in [5.41, 5.74) is 1.27. The Balaban J connectivity index is 1.47. The number of aromatic nitrogens is 1. The van der Waals surface area contributed by atoms with Gasteiger partial charge in [0.15, 0.2) is 5.78 Å². The molecule has 3 atom stereocenters. The fraction of sp³-hybridized carbons (Fsp3) is 0.423. The average molecular weight is 463 g/mol. The first-order chi connectivity index (χ1) is 16.3. The van der Waals surface area contributed by atoms with E-state index in [1.165, 1.54) is 0 Å². The fourth-order valence-electron chi connectivity index (χ4n) is 4.89. The smallest absolute Gasteiger partial charge is 0.251 e. The zero-order valence-corrected chi connectivity index (χ0v) is 19.5. The molecule has 0 saturated carbocycles. The molecule has 2 aliphatic rings. The van der Waals surface area contributed by atoms with Crippen molar-refractivity contribution in [1.82, 2.24) is 20.1 Å². The molecule has 2 saturated heterocycles. The maximum absolute atomic E-state index is 13.6. The van der Waals surface area contributed by atoms with Crippen molar-refractivity contribution < 1.29 is 19.2 Å². The van der Waals surface area contributed by atoms with E-state index in [4.69, 9.17) is 0 Å². The zero-order chi connectivity index (χ0) is 24.2. The van der Waals surface area contributed by atoms with Gasteiger partial charge in [0.2, 0.25) is 11.8 Å². The molecule has 0 aliphatic carbocycles. The van der Waals surface area contributed by atoms with Crippen molar-refractivity contribution in [2.24, 2.45) is 5.92 Å². The molecule has 0 radical (unpaired) electrons. The molecule has 2 aromatic rings. The summed E-state index contributed by atoms with van der Waals surface area (Å²) in [6.45, 7) is 4.36. The highest BCUT2D eigenvalue weighted by molar-refractivity contribution is 6.00. The predicted octanol–water partition coefficient (Wildman–Crippen LogP) is 1.85. The van der Waals surface area contributed by atoms with Crippen LogP contribution in [-0.4, -0.2) is 69.5 Å². The van der Waals surface area contributed by atoms with Crippen LogP contribution in [0, 0.1) is 5.92 Å². The number of nitrogens with one attached hydrogen (secondary N) is 1. The van der Waals surface area contributed by atoms with Crippen LogP contribution >= 0.6 is 0 Å². The van der Waals surface area contributed by atoms with Gasteiger partial charge < -0.3 is 15.1 Å². The number of rotatable bonds is 7. The minimum Gasteiger partial charge on any atom is -0.340 e. The van der Waals surface area contributed by atoms with Gasteiger partial charge in [0.05, 0.1) is 19.0 Å². The van der Waals surface area contributed by atoms with E-state index >= 15 is 0 Å². The maximum Gasteiger partial charge on any atom is 0.251 e. The number of fused-ring (bicyclic) bond motifs is 1. The number of hydrogen-bond donors (Lipinski definition) is 1. The molecule has 0 bridgehead atoms. The topological polar surface area (TPSA) is 99.7 Å². The van der Waals surface area contributed by atoms with Crippen LogP contribution in [0.25, 0.3) is 0 Å². The predicted molar refractivity (Wildman–Crippen MR) is 126 cm³/mol. The van der Waals surface area contributed by atoms with Crippen LogP contribution in [0.1, 0.15) is 42.6 Å². The minimum absolute atomic E-state index is 0.00340. The van der Waals surface area contributed by atoms with Crippen LogP contribution in [0.3, 0.4) is 0 Å². The number of nitrogens with zero attached hydrogens (tertiary/aromatic N) is 3. The lowest BCUT2D eigenvalue weighted by Gasteiger charge is -2.29. The van der Waals surface area contributed by atoms with Gasteiger partial charge in [-0.1, -0.05) is 38.1 Å². The molecule has 8 nitrogen and oxygen atoms in total. The second-order valence-corrected chi connectivity index (χ2v) is 9.38. The second-order valence-electron chi connectivity index (χ2n) is 9.38. The van der Waals surface area contributed by atoms with E-state index in [0.717, 1.165) is 5.56 Å². The van der Waals surface area contributed by atoms with Crippen LogP contribution in [-0.2, 0) is 20.8 Å². The number of carbonyl (C=O) groups excluding carboxylic acids is 4. The Morgan fingerprint density at radius 1 is 1.09 bits per heavy atom. The van der Waals surface area contributed by atoms with Gasteiger partial charge in [0.25, 0.3) is 5.91 Å². The van der Waals surface area contributed by atoms with Crippen molar-refractivity contribution in [2.75, 3.05) is 13.1 Å². The normalized spacial score (nSPS) is 20.4. The monoisotopic (exact) mass is 462 g/mol. The Bertz CT molecular complexity index is 1060. The second kappa shape index (κ2) is 10.2. The first kappa shape index (κ1) is 23.6. The van der Waals surface area contributed by atoms with Crippen molar-refractivity contribution in [2.45, 2.75) is 51.2 Å². The van der Waals surface area contributed by atoms with Gasteiger partial charge in [-0.2, -0.15) is 0 Å². The maximum atomic E-state index is 13.6. The third-order valence-electron chi connectivity index (χ3n) is 6.45. The number of pyridine rings is 1. The Kier molecular flexibility index (Phi) is 7.05. The van der Waals surface area contributed by atoms with Crippen molar-refractivity contribution >= 4 is 23.5 Å². The van der Waals surface area contributed by atoms with Gasteiger partial charge in [-0.3, -0.25) is 24.2 Å². The van der Waals surface area contributed by atoms with Crippen molar-refractivity contribution in [3.63, 3.8) is 0 Å². The van der Waals surface area contributed by atoms with Gasteiger partial charge >= 0.3 is 0 Å². The number of carbonyl (C=O) groups is 4. The highest BCUT2D eigenvalue weighted by Crippen LogP contribution is 2.31. The summed E-state index contributed by atoms with van der Waals surface area (Å²) in [6.07, 6.45) is 4.46. The standard InChI is InChI=1S/C26H30N4O4/c1-17(2)13-20(28-25(33)19-8-4-3-5-9-19)26(34)29-12-10-21-24(29)22(31)16-30(21)23(32)14-18-7-6-11-27-15-18/h3-9,11,15,17,20-21,24H,10,12-14,16H2,1-2H3,(H,28,33). The van der Waals surface area contributed by atoms with Crippen molar-refractivity contribution in [3.05, 3.63) is 66.0 Å². The molecule has 8 heteroatoms. The minimum atomic E-state index is -0.737. The summed E-state index contributed by atoms with van der Waals surface area (Å²) in [4.78, 5) is 59.4. The third kappa shape index (κ3) is 5.00. The molecule has 2 fully saturated rings. The van der Waals surface area contributed by atoms with Crippen LogP contribution in [0.15, 0.2) is 54.9 Å². The molecule has 1 N–H and O–H groups in total. The number of Topliss-reactive ketones (excluding diaryl/α,β-unsaturated/α-hetero) is 1. The van der Waals surface area contributed by atoms with Gasteiger partial charge in [-0.15, -0.1) is 0 Å². The van der Waals surface area contributed by atoms with Gasteiger partial charge in [0, 0.05) is 24.5 Å². The van der Waals surface area contributed by atoms with Gasteiger partial charge in [-0.25, -0.2) is 0 Å². The molecule has 2 aliphatic heterocycles. The molecule has 34 heavy (non-hydrogen) atoms. The summed E-state index contributed by atoms with van der Waals surface area (Å²) < 4.78 is 0. The lowest BCUT2D eigenvalue weighted by molar-refractivity contribution is -0.138. The summed E-state index contributed by atoms with van der Waals surface area (Å²) in [5.74, 6) is -0.686. The van der Waals surface area contributed by atoms with E-state index in [1.807, 2.05) is 26.0 Å². The average Bonchev–Trinajstić information content (AvgIpc) is 3.40. The summed E-state index contributed by atoms with van der Waals surface area (Å²) in [6, 6.07) is 10.6. The molecule has 1 aromatic heterocycles. The summed E-state index contributed by atoms with van der Waals surface area (Å²) >= 11 is 0. The fourth-order valence-corrected chi connectivity index (χ4v) is 4.89. The first-order valence-electron chi connectivity index (χ1n) is 11.7. The first-order valence-corrected chi connectivity index (χ1v) is 11.7. The lowest BCUT2D eigenvalue weighted by atomic mass is 10.0. The molecule has 3 heterocycles. The number of benzene rings is 1. The SMILES string of the molecule is CC(C)CC(NC(=O)c1ccccc1)C(=O)N1CCC2C1C(=O)CN2C(=O)Cc1cccnc1. The van der Waals surface area contributed by atoms with E-state index in [2.05, 4.69) is 10.3 Å². The number of ketones is 1. The van der Waals surface area contributed by atoms with Crippen LogP contribution in [0.5, 0.6) is 0 Å². The lowest BCUT2D eigenvalue weighted by Crippen LogP contribution is -2.53. The molecule has 3 amide bonds. The largest absolute Gasteiger partial charge is 0.340 e. The molecular formula is C26H30N4O4. The van der Waals surface area contributed by atoms with E-state index < -0.39 is 12.1 Å². The van der Waals surface area contributed by atoms with Crippen LogP contribution < -0.4 is 5.32 Å². The zero-order valence-electron chi connectivity index (χ0n) is 19.5. The Labute approximate surface area is 199 Å². The van der Waals surface area contributed by atoms with E-state index in [0.29, 0.717) is 24.9 Å². The molecule has 0 spiro atoms. The quantitative estimate of drug-likeness (QED) is 0.677. The van der Waals surface area contributed by atoms with Crippen molar-refractivity contribution in [1.29, 1.82) is 0 Å². The number of likely N-dealkylation sites (tertiary alicyclic amines) is 2. The third-order valence-corrected chi connectivity index (χ3v) is 6.45. The Morgan fingerprint density at radius 2 is 1.85 bits per heavy atom. The summed E-state index contributed by atoms with van der Waals surface area (Å²) in [7, 11) is 0.